The van der Waals surface area contributed by atoms with Gasteiger partial charge in [-0.05, 0) is 44.1 Å². The summed E-state index contributed by atoms with van der Waals surface area (Å²) in [4.78, 5) is 0. The minimum Gasteiger partial charge on any atom is -0.387 e. The van der Waals surface area contributed by atoms with Gasteiger partial charge in [-0.25, -0.2) is 16.8 Å². The molecular formula is C18H20FNO3S. The van der Waals surface area contributed by atoms with E-state index >= 15 is 0 Å². The normalized spacial score (nSPS) is 22.6. The molecule has 1 aromatic carbocycles. The molecule has 1 heterocycles. The van der Waals surface area contributed by atoms with Crippen LogP contribution < -0.4 is 0 Å². The third-order valence-electron chi connectivity index (χ3n) is 4.49. The summed E-state index contributed by atoms with van der Waals surface area (Å²) >= 11 is 0. The lowest BCUT2D eigenvalue weighted by molar-refractivity contribution is 0.168. The van der Waals surface area contributed by atoms with E-state index < -0.39 is 26.7 Å². The van der Waals surface area contributed by atoms with Crippen LogP contribution in [-0.4, -0.2) is 22.2 Å². The van der Waals surface area contributed by atoms with Gasteiger partial charge in [0.2, 0.25) is 10.0 Å². The molecular weight excluding hydrogens is 329 g/mol. The van der Waals surface area contributed by atoms with Gasteiger partial charge < -0.3 is 5.11 Å². The van der Waals surface area contributed by atoms with Crippen LogP contribution in [0.4, 0.5) is 4.39 Å². The van der Waals surface area contributed by atoms with Crippen molar-refractivity contribution in [3.63, 3.8) is 0 Å². The molecule has 3 rings (SSSR count). The second-order valence-corrected chi connectivity index (χ2v) is 8.52. The van der Waals surface area contributed by atoms with Gasteiger partial charge in [-0.3, -0.25) is 0 Å². The Morgan fingerprint density at radius 1 is 1.38 bits per heavy atom. The fraction of sp³-hybridized carbons (Fsp3) is 0.333. The van der Waals surface area contributed by atoms with Gasteiger partial charge in [0.25, 0.3) is 0 Å². The zero-order chi connectivity index (χ0) is 17.5. The fourth-order valence-corrected chi connectivity index (χ4v) is 4.92. The Morgan fingerprint density at radius 3 is 2.75 bits per heavy atom. The van der Waals surface area contributed by atoms with Gasteiger partial charge in [0.15, 0.2) is 0 Å². The van der Waals surface area contributed by atoms with Gasteiger partial charge in [0.1, 0.15) is 10.6 Å². The minimum absolute atomic E-state index is 0.178. The zero-order valence-corrected chi connectivity index (χ0v) is 14.4. The van der Waals surface area contributed by atoms with E-state index in [0.29, 0.717) is 17.6 Å². The predicted octanol–water partition coefficient (Wildman–Crippen LogP) is 3.83. The molecule has 0 fully saturated rings. The molecule has 0 saturated heterocycles. The summed E-state index contributed by atoms with van der Waals surface area (Å²) in [7, 11) is -3.97. The van der Waals surface area contributed by atoms with Crippen LogP contribution >= 0.6 is 0 Å². The van der Waals surface area contributed by atoms with E-state index in [2.05, 4.69) is 0 Å². The molecule has 24 heavy (non-hydrogen) atoms. The molecule has 0 saturated carbocycles. The molecule has 4 nitrogen and oxygen atoms in total. The standard InChI is InChI=1S/C18H20FNO3S/c1-3-17(21)16-11-13-7-4-5-9-15(13)20(16)24(22,23)18(2)10-6-8-14(19)12-18/h4-9,11-12,17,21H,3,10H2,1-2H3. The number of hydrogen-bond donors (Lipinski definition) is 1. The van der Waals surface area contributed by atoms with Crippen LogP contribution in [0.5, 0.6) is 0 Å². The van der Waals surface area contributed by atoms with Crippen molar-refractivity contribution in [2.45, 2.75) is 37.5 Å². The van der Waals surface area contributed by atoms with E-state index in [4.69, 9.17) is 0 Å². The van der Waals surface area contributed by atoms with E-state index in [1.54, 1.807) is 31.2 Å². The maximum absolute atomic E-state index is 13.7. The van der Waals surface area contributed by atoms with E-state index in [0.717, 1.165) is 11.5 Å². The van der Waals surface area contributed by atoms with Crippen molar-refractivity contribution in [2.75, 3.05) is 0 Å². The van der Waals surface area contributed by atoms with Gasteiger partial charge in [0, 0.05) is 5.39 Å². The number of aliphatic hydroxyl groups excluding tert-OH is 1. The number of rotatable bonds is 4. The molecule has 2 unspecified atom stereocenters. The number of allylic oxidation sites excluding steroid dienone is 3. The lowest BCUT2D eigenvalue weighted by Crippen LogP contribution is -2.39. The molecule has 6 heteroatoms. The SMILES string of the molecule is CCC(O)c1cc2ccccc2n1S(=O)(=O)C1(C)C=C(F)C=CC1. The van der Waals surface area contributed by atoms with Gasteiger partial charge in [-0.2, -0.15) is 0 Å². The maximum atomic E-state index is 13.7. The number of para-hydroxylation sites is 1. The van der Waals surface area contributed by atoms with Crippen molar-refractivity contribution in [1.29, 1.82) is 0 Å². The number of benzene rings is 1. The van der Waals surface area contributed by atoms with Gasteiger partial charge in [-0.15, -0.1) is 0 Å². The Labute approximate surface area is 141 Å². The van der Waals surface area contributed by atoms with Gasteiger partial charge in [0.05, 0.1) is 17.3 Å². The molecule has 2 aromatic rings. The van der Waals surface area contributed by atoms with Crippen LogP contribution in [0.2, 0.25) is 0 Å². The molecule has 1 N–H and O–H groups in total. The van der Waals surface area contributed by atoms with Crippen molar-refractivity contribution >= 4 is 20.9 Å². The fourth-order valence-electron chi connectivity index (χ4n) is 3.05. The lowest BCUT2D eigenvalue weighted by Gasteiger charge is -2.29. The van der Waals surface area contributed by atoms with Crippen molar-refractivity contribution in [1.82, 2.24) is 3.97 Å². The second kappa shape index (κ2) is 5.86. The number of aromatic nitrogens is 1. The Kier molecular flexibility index (Phi) is 4.13. The summed E-state index contributed by atoms with van der Waals surface area (Å²) in [6.45, 7) is 3.28. The topological polar surface area (TPSA) is 59.3 Å². The van der Waals surface area contributed by atoms with Crippen LogP contribution in [0.15, 0.2) is 54.4 Å². The largest absolute Gasteiger partial charge is 0.387 e. The highest BCUT2D eigenvalue weighted by atomic mass is 32.2. The number of nitrogens with zero attached hydrogens (tertiary/aromatic N) is 1. The zero-order valence-electron chi connectivity index (χ0n) is 13.6. The number of halogens is 1. The van der Waals surface area contributed by atoms with Crippen molar-refractivity contribution in [3.8, 4) is 0 Å². The average molecular weight is 349 g/mol. The molecule has 2 atom stereocenters. The van der Waals surface area contributed by atoms with Crippen LogP contribution in [-0.2, 0) is 10.0 Å². The van der Waals surface area contributed by atoms with E-state index in [1.807, 2.05) is 6.07 Å². The first-order valence-corrected chi connectivity index (χ1v) is 9.32. The molecule has 0 amide bonds. The predicted molar refractivity (Wildman–Crippen MR) is 92.9 cm³/mol. The van der Waals surface area contributed by atoms with E-state index in [1.165, 1.54) is 23.0 Å². The minimum atomic E-state index is -3.97. The number of fused-ring (bicyclic) bond motifs is 1. The molecule has 1 aliphatic rings. The highest BCUT2D eigenvalue weighted by molar-refractivity contribution is 7.91. The van der Waals surface area contributed by atoms with Gasteiger partial charge in [-0.1, -0.05) is 31.2 Å². The third kappa shape index (κ3) is 2.50. The first-order chi connectivity index (χ1) is 11.3. The quantitative estimate of drug-likeness (QED) is 0.912. The molecule has 0 bridgehead atoms. The van der Waals surface area contributed by atoms with Crippen LogP contribution in [0, 0.1) is 0 Å². The number of hydrogen-bond acceptors (Lipinski definition) is 3. The number of aliphatic hydroxyl groups is 1. The lowest BCUT2D eigenvalue weighted by atomic mass is 10.0. The Bertz CT molecular complexity index is 942. The molecule has 128 valence electrons. The van der Waals surface area contributed by atoms with Crippen LogP contribution in [0.25, 0.3) is 10.9 Å². The molecule has 0 radical (unpaired) electrons. The van der Waals surface area contributed by atoms with Crippen LogP contribution in [0.3, 0.4) is 0 Å². The Hall–Kier alpha value is -1.92. The summed E-state index contributed by atoms with van der Waals surface area (Å²) in [6, 6.07) is 8.73. The molecule has 1 aliphatic carbocycles. The summed E-state index contributed by atoms with van der Waals surface area (Å²) in [5.41, 5.74) is 0.799. The summed E-state index contributed by atoms with van der Waals surface area (Å²) < 4.78 is 40.3. The van der Waals surface area contributed by atoms with Crippen molar-refractivity contribution < 1.29 is 17.9 Å². The van der Waals surface area contributed by atoms with E-state index in [-0.39, 0.29) is 6.42 Å². The molecule has 0 spiro atoms. The van der Waals surface area contributed by atoms with Crippen molar-refractivity contribution in [3.05, 3.63) is 60.1 Å². The maximum Gasteiger partial charge on any atom is 0.248 e. The first kappa shape index (κ1) is 16.9. The third-order valence-corrected chi connectivity index (χ3v) is 6.85. The molecule has 0 aliphatic heterocycles. The second-order valence-electron chi connectivity index (χ2n) is 6.27. The monoisotopic (exact) mass is 349 g/mol. The Balaban J connectivity index is 2.30. The average Bonchev–Trinajstić information content (AvgIpc) is 2.93. The highest BCUT2D eigenvalue weighted by Crippen LogP contribution is 2.36. The first-order valence-electron chi connectivity index (χ1n) is 7.88. The smallest absolute Gasteiger partial charge is 0.248 e. The molecule has 1 aromatic heterocycles. The van der Waals surface area contributed by atoms with Crippen molar-refractivity contribution in [2.24, 2.45) is 0 Å². The summed E-state index contributed by atoms with van der Waals surface area (Å²) in [5, 5.41) is 11.0. The van der Waals surface area contributed by atoms with Crippen LogP contribution in [0.1, 0.15) is 38.5 Å². The van der Waals surface area contributed by atoms with Gasteiger partial charge >= 0.3 is 0 Å². The Morgan fingerprint density at radius 2 is 2.08 bits per heavy atom. The summed E-state index contributed by atoms with van der Waals surface area (Å²) in [6.07, 6.45) is 3.58. The summed E-state index contributed by atoms with van der Waals surface area (Å²) in [5.74, 6) is -0.568. The van der Waals surface area contributed by atoms with E-state index in [9.17, 15) is 17.9 Å². The highest BCUT2D eigenvalue weighted by Gasteiger charge is 2.41.